The number of benzene rings is 1. The van der Waals surface area contributed by atoms with Gasteiger partial charge in [0.2, 0.25) is 0 Å². The molecule has 3 nitrogen and oxygen atoms in total. The Kier molecular flexibility index (Phi) is 3.68. The van der Waals surface area contributed by atoms with Crippen LogP contribution in [0.3, 0.4) is 0 Å². The smallest absolute Gasteiger partial charge is 0.132 e. The summed E-state index contributed by atoms with van der Waals surface area (Å²) in [5, 5.41) is 0. The summed E-state index contributed by atoms with van der Waals surface area (Å²) in [6.07, 6.45) is 5.84. The second kappa shape index (κ2) is 5.84. The topological polar surface area (TPSA) is 25.4 Å². The molecule has 4 rings (SSSR count). The molecule has 1 saturated carbocycles. The van der Waals surface area contributed by atoms with Crippen molar-refractivity contribution in [2.75, 3.05) is 18.0 Å². The molecule has 2 unspecified atom stereocenters. The SMILES string of the molecule is Cc1ccc(Oc2ccnc(N3CC4CCCC4C3)c2)cc1F. The van der Waals surface area contributed by atoms with E-state index in [2.05, 4.69) is 9.88 Å². The van der Waals surface area contributed by atoms with Crippen LogP contribution in [0.25, 0.3) is 0 Å². The van der Waals surface area contributed by atoms with Gasteiger partial charge in [0, 0.05) is 31.4 Å². The highest BCUT2D eigenvalue weighted by Gasteiger charge is 2.36. The number of pyridine rings is 1. The van der Waals surface area contributed by atoms with Gasteiger partial charge in [0.25, 0.3) is 0 Å². The highest BCUT2D eigenvalue weighted by atomic mass is 19.1. The molecular formula is C19H21FN2O. The normalized spacial score (nSPS) is 23.1. The minimum Gasteiger partial charge on any atom is -0.457 e. The first-order valence-corrected chi connectivity index (χ1v) is 8.34. The molecule has 1 aliphatic heterocycles. The number of anilines is 1. The standard InChI is InChI=1S/C19H21FN2O/c1-13-5-6-16(9-18(13)20)23-17-7-8-21-19(10-17)22-11-14-3-2-4-15(14)12-22/h5-10,14-15H,2-4,11-12H2,1H3. The maximum atomic E-state index is 13.6. The molecule has 2 atom stereocenters. The molecule has 2 aliphatic rings. The molecule has 0 radical (unpaired) electrons. The molecule has 23 heavy (non-hydrogen) atoms. The number of aromatic nitrogens is 1. The molecule has 2 heterocycles. The van der Waals surface area contributed by atoms with Crippen molar-refractivity contribution in [1.29, 1.82) is 0 Å². The Hall–Kier alpha value is -2.10. The summed E-state index contributed by atoms with van der Waals surface area (Å²) < 4.78 is 19.4. The maximum Gasteiger partial charge on any atom is 0.132 e. The molecule has 1 aromatic heterocycles. The minimum absolute atomic E-state index is 0.246. The third kappa shape index (κ3) is 2.90. The van der Waals surface area contributed by atoms with Gasteiger partial charge in [0.05, 0.1) is 0 Å². The van der Waals surface area contributed by atoms with Gasteiger partial charge in [-0.2, -0.15) is 0 Å². The van der Waals surface area contributed by atoms with Gasteiger partial charge in [-0.3, -0.25) is 0 Å². The van der Waals surface area contributed by atoms with Gasteiger partial charge in [0.1, 0.15) is 23.1 Å². The number of ether oxygens (including phenoxy) is 1. The molecule has 1 saturated heterocycles. The van der Waals surface area contributed by atoms with Gasteiger partial charge in [-0.05, 0) is 49.3 Å². The van der Waals surface area contributed by atoms with Crippen molar-refractivity contribution in [3.63, 3.8) is 0 Å². The molecule has 1 aromatic carbocycles. The number of halogens is 1. The first-order chi connectivity index (χ1) is 11.2. The molecule has 0 bridgehead atoms. The van der Waals surface area contributed by atoms with Crippen LogP contribution in [0, 0.1) is 24.6 Å². The lowest BCUT2D eigenvalue weighted by molar-refractivity contribution is 0.475. The number of hydrogen-bond donors (Lipinski definition) is 0. The summed E-state index contributed by atoms with van der Waals surface area (Å²) in [6, 6.07) is 8.72. The van der Waals surface area contributed by atoms with E-state index in [-0.39, 0.29) is 5.82 Å². The van der Waals surface area contributed by atoms with Crippen LogP contribution >= 0.6 is 0 Å². The lowest BCUT2D eigenvalue weighted by Crippen LogP contribution is -2.21. The molecule has 0 N–H and O–H groups in total. The lowest BCUT2D eigenvalue weighted by Gasteiger charge is -2.19. The number of rotatable bonds is 3. The Morgan fingerprint density at radius 2 is 1.83 bits per heavy atom. The molecule has 120 valence electrons. The minimum atomic E-state index is -0.246. The van der Waals surface area contributed by atoms with Crippen LogP contribution in [0.2, 0.25) is 0 Å². The fourth-order valence-electron chi connectivity index (χ4n) is 3.83. The lowest BCUT2D eigenvalue weighted by atomic mass is 10.0. The number of fused-ring (bicyclic) bond motifs is 1. The van der Waals surface area contributed by atoms with Gasteiger partial charge in [-0.25, -0.2) is 9.37 Å². The Balaban J connectivity index is 1.51. The van der Waals surface area contributed by atoms with Crippen molar-refractivity contribution in [1.82, 2.24) is 4.98 Å². The Morgan fingerprint density at radius 3 is 2.57 bits per heavy atom. The fraction of sp³-hybridized carbons (Fsp3) is 0.421. The number of nitrogens with zero attached hydrogens (tertiary/aromatic N) is 2. The summed E-state index contributed by atoms with van der Waals surface area (Å²) >= 11 is 0. The van der Waals surface area contributed by atoms with Crippen molar-refractivity contribution in [2.24, 2.45) is 11.8 Å². The Labute approximate surface area is 136 Å². The zero-order valence-corrected chi connectivity index (χ0v) is 13.3. The van der Waals surface area contributed by atoms with E-state index in [0.717, 1.165) is 30.7 Å². The summed E-state index contributed by atoms with van der Waals surface area (Å²) in [4.78, 5) is 6.85. The Bertz CT molecular complexity index is 706. The quantitative estimate of drug-likeness (QED) is 0.831. The summed E-state index contributed by atoms with van der Waals surface area (Å²) in [5.74, 6) is 3.59. The first kappa shape index (κ1) is 14.5. The van der Waals surface area contributed by atoms with E-state index in [1.165, 1.54) is 25.3 Å². The van der Waals surface area contributed by atoms with Crippen LogP contribution in [-0.2, 0) is 0 Å². The molecule has 0 amide bonds. The van der Waals surface area contributed by atoms with E-state index >= 15 is 0 Å². The average Bonchev–Trinajstić information content (AvgIpc) is 3.13. The summed E-state index contributed by atoms with van der Waals surface area (Å²) in [7, 11) is 0. The summed E-state index contributed by atoms with van der Waals surface area (Å²) in [6.45, 7) is 3.94. The molecule has 2 fully saturated rings. The van der Waals surface area contributed by atoms with Gasteiger partial charge >= 0.3 is 0 Å². The van der Waals surface area contributed by atoms with Gasteiger partial charge in [-0.15, -0.1) is 0 Å². The summed E-state index contributed by atoms with van der Waals surface area (Å²) in [5.41, 5.74) is 0.622. The second-order valence-electron chi connectivity index (χ2n) is 6.72. The van der Waals surface area contributed by atoms with E-state index < -0.39 is 0 Å². The van der Waals surface area contributed by atoms with E-state index in [1.54, 1.807) is 25.3 Å². The zero-order chi connectivity index (χ0) is 15.8. The zero-order valence-electron chi connectivity index (χ0n) is 13.3. The van der Waals surface area contributed by atoms with E-state index in [4.69, 9.17) is 4.74 Å². The van der Waals surface area contributed by atoms with Crippen LogP contribution in [0.15, 0.2) is 36.5 Å². The molecule has 4 heteroatoms. The van der Waals surface area contributed by atoms with E-state index in [0.29, 0.717) is 17.1 Å². The van der Waals surface area contributed by atoms with Crippen LogP contribution < -0.4 is 9.64 Å². The Morgan fingerprint density at radius 1 is 1.09 bits per heavy atom. The second-order valence-corrected chi connectivity index (χ2v) is 6.72. The van der Waals surface area contributed by atoms with E-state index in [9.17, 15) is 4.39 Å². The van der Waals surface area contributed by atoms with E-state index in [1.807, 2.05) is 12.1 Å². The number of hydrogen-bond acceptors (Lipinski definition) is 3. The van der Waals surface area contributed by atoms with Gasteiger partial charge in [-0.1, -0.05) is 12.5 Å². The molecule has 0 spiro atoms. The van der Waals surface area contributed by atoms with Crippen LogP contribution in [0.5, 0.6) is 11.5 Å². The fourth-order valence-corrected chi connectivity index (χ4v) is 3.83. The molecule has 2 aromatic rings. The van der Waals surface area contributed by atoms with Crippen LogP contribution in [0.4, 0.5) is 10.2 Å². The first-order valence-electron chi connectivity index (χ1n) is 8.34. The van der Waals surface area contributed by atoms with Crippen molar-refractivity contribution < 1.29 is 9.13 Å². The van der Waals surface area contributed by atoms with Crippen molar-refractivity contribution >= 4 is 5.82 Å². The van der Waals surface area contributed by atoms with Crippen LogP contribution in [-0.4, -0.2) is 18.1 Å². The van der Waals surface area contributed by atoms with Crippen molar-refractivity contribution in [3.05, 3.63) is 47.9 Å². The predicted molar refractivity (Wildman–Crippen MR) is 88.5 cm³/mol. The third-order valence-corrected chi connectivity index (χ3v) is 5.15. The monoisotopic (exact) mass is 312 g/mol. The predicted octanol–water partition coefficient (Wildman–Crippen LogP) is 4.56. The third-order valence-electron chi connectivity index (χ3n) is 5.15. The highest BCUT2D eigenvalue weighted by molar-refractivity contribution is 5.46. The molecule has 1 aliphatic carbocycles. The van der Waals surface area contributed by atoms with Crippen molar-refractivity contribution in [2.45, 2.75) is 26.2 Å². The van der Waals surface area contributed by atoms with Crippen molar-refractivity contribution in [3.8, 4) is 11.5 Å². The average molecular weight is 312 g/mol. The number of aryl methyl sites for hydroxylation is 1. The highest BCUT2D eigenvalue weighted by Crippen LogP contribution is 2.39. The largest absolute Gasteiger partial charge is 0.457 e. The molecular weight excluding hydrogens is 291 g/mol. The van der Waals surface area contributed by atoms with Gasteiger partial charge < -0.3 is 9.64 Å². The van der Waals surface area contributed by atoms with Gasteiger partial charge in [0.15, 0.2) is 0 Å². The van der Waals surface area contributed by atoms with Crippen LogP contribution in [0.1, 0.15) is 24.8 Å². The maximum absolute atomic E-state index is 13.6.